The summed E-state index contributed by atoms with van der Waals surface area (Å²) in [5.41, 5.74) is 1.68. The van der Waals surface area contributed by atoms with Crippen molar-refractivity contribution in [2.45, 2.75) is 64.3 Å². The molecule has 22 heavy (non-hydrogen) atoms. The SMILES string of the molecule is CCC(CC12CC3CC(CC(C3)C1)C2)Nc1ccc(F)cc1. The van der Waals surface area contributed by atoms with Gasteiger partial charge in [0.05, 0.1) is 0 Å². The van der Waals surface area contributed by atoms with E-state index in [0.29, 0.717) is 11.5 Å². The van der Waals surface area contributed by atoms with Crippen LogP contribution in [0, 0.1) is 29.0 Å². The highest BCUT2D eigenvalue weighted by atomic mass is 19.1. The Kier molecular flexibility index (Phi) is 3.66. The zero-order chi connectivity index (χ0) is 15.2. The molecule has 1 aromatic rings. The molecule has 5 rings (SSSR count). The highest BCUT2D eigenvalue weighted by molar-refractivity contribution is 5.43. The third kappa shape index (κ3) is 2.77. The molecule has 1 unspecified atom stereocenters. The Hall–Kier alpha value is -1.05. The third-order valence-electron chi connectivity index (χ3n) is 6.55. The zero-order valence-electron chi connectivity index (χ0n) is 13.7. The highest BCUT2D eigenvalue weighted by Gasteiger charge is 2.51. The van der Waals surface area contributed by atoms with E-state index in [9.17, 15) is 4.39 Å². The summed E-state index contributed by atoms with van der Waals surface area (Å²) in [5.74, 6) is 2.92. The van der Waals surface area contributed by atoms with E-state index >= 15 is 0 Å². The van der Waals surface area contributed by atoms with Crippen LogP contribution < -0.4 is 5.32 Å². The molecule has 1 nitrogen and oxygen atoms in total. The monoisotopic (exact) mass is 301 g/mol. The largest absolute Gasteiger partial charge is 0.382 e. The average Bonchev–Trinajstić information content (AvgIpc) is 2.47. The van der Waals surface area contributed by atoms with Crippen molar-refractivity contribution in [2.75, 3.05) is 5.32 Å². The molecule has 4 saturated carbocycles. The van der Waals surface area contributed by atoms with Crippen LogP contribution in [0.25, 0.3) is 0 Å². The highest BCUT2D eigenvalue weighted by Crippen LogP contribution is 2.61. The van der Waals surface area contributed by atoms with Crippen molar-refractivity contribution in [3.05, 3.63) is 30.1 Å². The van der Waals surface area contributed by atoms with Crippen LogP contribution >= 0.6 is 0 Å². The predicted molar refractivity (Wildman–Crippen MR) is 89.3 cm³/mol. The van der Waals surface area contributed by atoms with E-state index in [2.05, 4.69) is 12.2 Å². The molecule has 4 bridgehead atoms. The van der Waals surface area contributed by atoms with Gasteiger partial charge in [0.15, 0.2) is 0 Å². The van der Waals surface area contributed by atoms with E-state index in [-0.39, 0.29) is 5.82 Å². The van der Waals surface area contributed by atoms with Gasteiger partial charge in [-0.2, -0.15) is 0 Å². The number of benzene rings is 1. The summed E-state index contributed by atoms with van der Waals surface area (Å²) in [6.45, 7) is 2.28. The molecule has 120 valence electrons. The first kappa shape index (κ1) is 14.5. The van der Waals surface area contributed by atoms with E-state index in [1.54, 1.807) is 12.1 Å². The normalized spacial score (nSPS) is 37.3. The molecular formula is C20H28FN. The molecular weight excluding hydrogens is 273 g/mol. The van der Waals surface area contributed by atoms with Gasteiger partial charge >= 0.3 is 0 Å². The van der Waals surface area contributed by atoms with Crippen molar-refractivity contribution in [1.82, 2.24) is 0 Å². The quantitative estimate of drug-likeness (QED) is 0.744. The van der Waals surface area contributed by atoms with Crippen LogP contribution in [0.4, 0.5) is 10.1 Å². The first-order chi connectivity index (χ1) is 10.6. The molecule has 0 radical (unpaired) electrons. The Balaban J connectivity index is 1.45. The molecule has 0 saturated heterocycles. The van der Waals surface area contributed by atoms with Crippen molar-refractivity contribution < 1.29 is 4.39 Å². The van der Waals surface area contributed by atoms with Crippen LogP contribution in [0.15, 0.2) is 24.3 Å². The smallest absolute Gasteiger partial charge is 0.123 e. The summed E-state index contributed by atoms with van der Waals surface area (Å²) in [5, 5.41) is 3.66. The van der Waals surface area contributed by atoms with E-state index in [4.69, 9.17) is 0 Å². The van der Waals surface area contributed by atoms with E-state index in [1.807, 2.05) is 12.1 Å². The van der Waals surface area contributed by atoms with Crippen molar-refractivity contribution in [3.63, 3.8) is 0 Å². The van der Waals surface area contributed by atoms with Gasteiger partial charge in [-0.15, -0.1) is 0 Å². The maximum absolute atomic E-state index is 13.1. The summed E-state index contributed by atoms with van der Waals surface area (Å²) >= 11 is 0. The number of hydrogen-bond donors (Lipinski definition) is 1. The fraction of sp³-hybridized carbons (Fsp3) is 0.700. The number of rotatable bonds is 5. The van der Waals surface area contributed by atoms with Crippen LogP contribution in [0.2, 0.25) is 0 Å². The lowest BCUT2D eigenvalue weighted by Gasteiger charge is -2.57. The molecule has 1 aromatic carbocycles. The maximum atomic E-state index is 13.1. The standard InChI is InChI=1S/C20H28FN/c1-2-18(22-19-5-3-17(21)4-6-19)13-20-10-14-7-15(11-20)9-16(8-14)12-20/h3-6,14-16,18,22H,2,7-13H2,1H3. The average molecular weight is 301 g/mol. The van der Waals surface area contributed by atoms with Crippen LogP contribution in [0.3, 0.4) is 0 Å². The molecule has 4 fully saturated rings. The van der Waals surface area contributed by atoms with Crippen molar-refractivity contribution >= 4 is 5.69 Å². The lowest BCUT2D eigenvalue weighted by molar-refractivity contribution is -0.0595. The first-order valence-corrected chi connectivity index (χ1v) is 9.16. The van der Waals surface area contributed by atoms with Gasteiger partial charge in [-0.25, -0.2) is 4.39 Å². The van der Waals surface area contributed by atoms with Gasteiger partial charge in [0.25, 0.3) is 0 Å². The molecule has 0 aromatic heterocycles. The zero-order valence-corrected chi connectivity index (χ0v) is 13.7. The number of nitrogens with one attached hydrogen (secondary N) is 1. The van der Waals surface area contributed by atoms with E-state index in [1.165, 1.54) is 44.9 Å². The molecule has 4 aliphatic carbocycles. The van der Waals surface area contributed by atoms with Gasteiger partial charge in [-0.3, -0.25) is 0 Å². The van der Waals surface area contributed by atoms with Gasteiger partial charge in [-0.1, -0.05) is 6.92 Å². The second kappa shape index (κ2) is 5.54. The molecule has 1 N–H and O–H groups in total. The van der Waals surface area contributed by atoms with Crippen LogP contribution in [0.5, 0.6) is 0 Å². The Bertz CT molecular complexity index is 486. The minimum atomic E-state index is -0.153. The number of hydrogen-bond acceptors (Lipinski definition) is 1. The molecule has 0 amide bonds. The minimum absolute atomic E-state index is 0.153. The molecule has 1 atom stereocenters. The van der Waals surface area contributed by atoms with Crippen molar-refractivity contribution in [3.8, 4) is 0 Å². The van der Waals surface area contributed by atoms with Crippen molar-refractivity contribution in [2.24, 2.45) is 23.2 Å². The predicted octanol–water partition coefficient (Wildman–Crippen LogP) is 5.62. The lowest BCUT2D eigenvalue weighted by atomic mass is 9.48. The molecule has 0 aliphatic heterocycles. The van der Waals surface area contributed by atoms with Gasteiger partial charge < -0.3 is 5.32 Å². The summed E-state index contributed by atoms with van der Waals surface area (Å²) in [7, 11) is 0. The second-order valence-electron chi connectivity index (χ2n) is 8.38. The van der Waals surface area contributed by atoms with Crippen molar-refractivity contribution in [1.29, 1.82) is 0 Å². The summed E-state index contributed by atoms with van der Waals surface area (Å²) in [6.07, 6.45) is 11.4. The lowest BCUT2D eigenvalue weighted by Crippen LogP contribution is -2.48. The fourth-order valence-electron chi connectivity index (χ4n) is 6.14. The Morgan fingerprint density at radius 1 is 1.05 bits per heavy atom. The Labute approximate surface area is 133 Å². The Morgan fingerprint density at radius 2 is 1.59 bits per heavy atom. The molecule has 0 spiro atoms. The van der Waals surface area contributed by atoms with Gasteiger partial charge in [0.2, 0.25) is 0 Å². The van der Waals surface area contributed by atoms with Gasteiger partial charge in [0, 0.05) is 11.7 Å². The van der Waals surface area contributed by atoms with Gasteiger partial charge in [0.1, 0.15) is 5.82 Å². The van der Waals surface area contributed by atoms with E-state index in [0.717, 1.165) is 29.9 Å². The summed E-state index contributed by atoms with van der Waals surface area (Å²) < 4.78 is 13.1. The van der Waals surface area contributed by atoms with Crippen LogP contribution in [-0.4, -0.2) is 6.04 Å². The minimum Gasteiger partial charge on any atom is -0.382 e. The third-order valence-corrected chi connectivity index (χ3v) is 6.55. The summed E-state index contributed by atoms with van der Waals surface area (Å²) in [4.78, 5) is 0. The molecule has 4 aliphatic rings. The topological polar surface area (TPSA) is 12.0 Å². The molecule has 2 heteroatoms. The maximum Gasteiger partial charge on any atom is 0.123 e. The second-order valence-corrected chi connectivity index (χ2v) is 8.38. The Morgan fingerprint density at radius 3 is 2.09 bits per heavy atom. The van der Waals surface area contributed by atoms with Crippen LogP contribution in [-0.2, 0) is 0 Å². The van der Waals surface area contributed by atoms with Gasteiger partial charge in [-0.05, 0) is 98.8 Å². The van der Waals surface area contributed by atoms with E-state index < -0.39 is 0 Å². The fourth-order valence-corrected chi connectivity index (χ4v) is 6.14. The number of anilines is 1. The van der Waals surface area contributed by atoms with Crippen LogP contribution in [0.1, 0.15) is 58.3 Å². The number of halogens is 1. The first-order valence-electron chi connectivity index (χ1n) is 9.16. The molecule has 0 heterocycles. The summed E-state index contributed by atoms with van der Waals surface area (Å²) in [6, 6.07) is 7.39.